The number of fused-ring (bicyclic) bond motifs is 1. The lowest BCUT2D eigenvalue weighted by atomic mass is 9.73. The number of hydrogen-bond donors (Lipinski definition) is 2. The predicted molar refractivity (Wildman–Crippen MR) is 109 cm³/mol. The number of nitrogens with zero attached hydrogens (tertiary/aromatic N) is 3. The molecule has 1 amide bonds. The fraction of sp³-hybridized carbons (Fsp3) is 0.364. The van der Waals surface area contributed by atoms with Crippen molar-refractivity contribution < 1.29 is 22.7 Å². The van der Waals surface area contributed by atoms with E-state index in [9.17, 15) is 13.6 Å². The van der Waals surface area contributed by atoms with E-state index in [1.807, 2.05) is 6.07 Å². The van der Waals surface area contributed by atoms with Gasteiger partial charge in [0.2, 0.25) is 0 Å². The summed E-state index contributed by atoms with van der Waals surface area (Å²) in [5, 5.41) is 11.5. The molecule has 10 heteroatoms. The summed E-state index contributed by atoms with van der Waals surface area (Å²) >= 11 is 0. The molecule has 1 aliphatic heterocycles. The number of alkyl halides is 2. The molecule has 0 saturated heterocycles. The molecule has 2 aliphatic rings. The second-order valence-electron chi connectivity index (χ2n) is 7.95. The van der Waals surface area contributed by atoms with Crippen molar-refractivity contribution in [1.29, 1.82) is 5.26 Å². The Kier molecular flexibility index (Phi) is 5.28. The number of pyridine rings is 1. The smallest absolute Gasteiger partial charge is 0.283 e. The van der Waals surface area contributed by atoms with Crippen molar-refractivity contribution in [2.75, 3.05) is 5.32 Å². The second-order valence-corrected chi connectivity index (χ2v) is 7.95. The Morgan fingerprint density at radius 3 is 2.78 bits per heavy atom. The third-order valence-electron chi connectivity index (χ3n) is 6.02. The van der Waals surface area contributed by atoms with E-state index < -0.39 is 48.0 Å². The van der Waals surface area contributed by atoms with E-state index in [1.54, 1.807) is 6.92 Å². The molecule has 3 N–H and O–H groups in total. The quantitative estimate of drug-likeness (QED) is 0.748. The van der Waals surface area contributed by atoms with Gasteiger partial charge < -0.3 is 15.8 Å². The second kappa shape index (κ2) is 7.82. The number of anilines is 1. The number of halogens is 3. The van der Waals surface area contributed by atoms with E-state index >= 15 is 4.39 Å². The van der Waals surface area contributed by atoms with Gasteiger partial charge in [-0.15, -0.1) is 0 Å². The molecule has 4 rings (SSSR count). The molecule has 0 bridgehead atoms. The van der Waals surface area contributed by atoms with E-state index in [-0.39, 0.29) is 29.4 Å². The Bertz CT molecular complexity index is 1130. The minimum absolute atomic E-state index is 0.0592. The van der Waals surface area contributed by atoms with Crippen LogP contribution in [0.3, 0.4) is 0 Å². The monoisotopic (exact) mass is 443 g/mol. The average molecular weight is 443 g/mol. The standard InChI is InChI=1S/C22H20F3N5O2/c1-2-22(15-8-21(24,25)9-18(15)32-20(27)30-22)14-7-13(4-5-16(14)23)29-19(31)17-6-3-12(10-26)11-28-17/h3-7,11,15,18H,2,8-9H2,1H3,(H2,27,30)(H,29,31). The van der Waals surface area contributed by atoms with Gasteiger partial charge in [0.15, 0.2) is 0 Å². The topological polar surface area (TPSA) is 113 Å². The molecule has 1 aromatic heterocycles. The van der Waals surface area contributed by atoms with Gasteiger partial charge in [-0.1, -0.05) is 6.92 Å². The summed E-state index contributed by atoms with van der Waals surface area (Å²) in [7, 11) is 0. The molecule has 2 aromatic rings. The van der Waals surface area contributed by atoms with E-state index in [1.165, 1.54) is 30.5 Å². The molecule has 1 aliphatic carbocycles. The maximum atomic E-state index is 15.0. The van der Waals surface area contributed by atoms with Gasteiger partial charge >= 0.3 is 0 Å². The van der Waals surface area contributed by atoms with Gasteiger partial charge in [0, 0.05) is 36.2 Å². The van der Waals surface area contributed by atoms with Gasteiger partial charge in [-0.05, 0) is 36.8 Å². The van der Waals surface area contributed by atoms with Crippen LogP contribution >= 0.6 is 0 Å². The zero-order chi connectivity index (χ0) is 23.1. The van der Waals surface area contributed by atoms with Crippen LogP contribution in [-0.4, -0.2) is 28.9 Å². The average Bonchev–Trinajstić information content (AvgIpc) is 3.08. The number of aromatic nitrogens is 1. The van der Waals surface area contributed by atoms with Crippen LogP contribution in [0.1, 0.15) is 47.8 Å². The lowest BCUT2D eigenvalue weighted by Gasteiger charge is -2.41. The number of benzene rings is 1. The number of hydrogen-bond acceptors (Lipinski definition) is 6. The van der Waals surface area contributed by atoms with Gasteiger partial charge in [-0.25, -0.2) is 23.1 Å². The number of aliphatic imine (C=N–C) groups is 1. The van der Waals surface area contributed by atoms with Crippen LogP contribution in [0.2, 0.25) is 0 Å². The largest absolute Gasteiger partial charge is 0.461 e. The van der Waals surface area contributed by atoms with Gasteiger partial charge in [0.25, 0.3) is 17.9 Å². The highest BCUT2D eigenvalue weighted by Gasteiger charge is 2.59. The number of amidine groups is 1. The van der Waals surface area contributed by atoms with Crippen LogP contribution in [-0.2, 0) is 10.3 Å². The van der Waals surface area contributed by atoms with Gasteiger partial charge in [0.05, 0.1) is 5.56 Å². The van der Waals surface area contributed by atoms with Crippen molar-refractivity contribution in [3.8, 4) is 6.07 Å². The van der Waals surface area contributed by atoms with Crippen molar-refractivity contribution in [3.05, 3.63) is 59.2 Å². The summed E-state index contributed by atoms with van der Waals surface area (Å²) in [4.78, 5) is 20.8. The maximum Gasteiger partial charge on any atom is 0.283 e. The molecule has 0 radical (unpaired) electrons. The van der Waals surface area contributed by atoms with Crippen LogP contribution in [0.5, 0.6) is 0 Å². The summed E-state index contributed by atoms with van der Waals surface area (Å²) in [5.74, 6) is -4.97. The number of nitrogens with one attached hydrogen (secondary N) is 1. The zero-order valence-corrected chi connectivity index (χ0v) is 17.1. The first-order valence-corrected chi connectivity index (χ1v) is 10.0. The lowest BCUT2D eigenvalue weighted by molar-refractivity contribution is -0.00288. The molecule has 3 unspecified atom stereocenters. The van der Waals surface area contributed by atoms with Crippen LogP contribution in [0.25, 0.3) is 0 Å². The molecule has 1 saturated carbocycles. The minimum Gasteiger partial charge on any atom is -0.461 e. The van der Waals surface area contributed by atoms with E-state index in [2.05, 4.69) is 15.3 Å². The van der Waals surface area contributed by atoms with E-state index in [0.717, 1.165) is 6.07 Å². The molecule has 1 aromatic carbocycles. The number of ether oxygens (including phenoxy) is 1. The normalized spacial score (nSPS) is 25.8. The third kappa shape index (κ3) is 3.75. The molecular formula is C22H20F3N5O2. The molecule has 0 spiro atoms. The van der Waals surface area contributed by atoms with Gasteiger partial charge in [0.1, 0.15) is 29.2 Å². The van der Waals surface area contributed by atoms with Crippen LogP contribution in [0.4, 0.5) is 18.9 Å². The van der Waals surface area contributed by atoms with Crippen LogP contribution in [0, 0.1) is 23.1 Å². The number of amides is 1. The summed E-state index contributed by atoms with van der Waals surface area (Å²) in [5.41, 5.74) is 5.10. The zero-order valence-electron chi connectivity index (χ0n) is 17.1. The number of nitriles is 1. The summed E-state index contributed by atoms with van der Waals surface area (Å²) in [6, 6.07) is 8.38. The Labute approximate surface area is 182 Å². The van der Waals surface area contributed by atoms with Gasteiger partial charge in [-0.2, -0.15) is 5.26 Å². The van der Waals surface area contributed by atoms with Crippen molar-refractivity contribution >= 4 is 17.6 Å². The Hall–Kier alpha value is -3.61. The van der Waals surface area contributed by atoms with Crippen molar-refractivity contribution in [2.45, 2.75) is 43.8 Å². The molecule has 1 fully saturated rings. The summed E-state index contributed by atoms with van der Waals surface area (Å²) in [6.45, 7) is 1.72. The number of nitrogens with two attached hydrogens (primary N) is 1. The van der Waals surface area contributed by atoms with Gasteiger partial charge in [-0.3, -0.25) is 4.79 Å². The molecule has 3 atom stereocenters. The van der Waals surface area contributed by atoms with Crippen molar-refractivity contribution in [3.63, 3.8) is 0 Å². The highest BCUT2D eigenvalue weighted by molar-refractivity contribution is 6.02. The Morgan fingerprint density at radius 1 is 1.34 bits per heavy atom. The molecule has 2 heterocycles. The summed E-state index contributed by atoms with van der Waals surface area (Å²) < 4.78 is 48.8. The van der Waals surface area contributed by atoms with Crippen LogP contribution in [0.15, 0.2) is 41.5 Å². The fourth-order valence-electron chi connectivity index (χ4n) is 4.55. The Morgan fingerprint density at radius 2 is 2.12 bits per heavy atom. The highest BCUT2D eigenvalue weighted by Crippen LogP contribution is 2.54. The number of carbonyl (C=O) groups is 1. The fourth-order valence-corrected chi connectivity index (χ4v) is 4.55. The maximum absolute atomic E-state index is 15.0. The van der Waals surface area contributed by atoms with Crippen molar-refractivity contribution in [2.24, 2.45) is 16.6 Å². The third-order valence-corrected chi connectivity index (χ3v) is 6.02. The highest BCUT2D eigenvalue weighted by atomic mass is 19.3. The van der Waals surface area contributed by atoms with Crippen LogP contribution < -0.4 is 11.1 Å². The van der Waals surface area contributed by atoms with E-state index in [4.69, 9.17) is 15.7 Å². The molecule has 7 nitrogen and oxygen atoms in total. The first-order valence-electron chi connectivity index (χ1n) is 10.0. The van der Waals surface area contributed by atoms with E-state index in [0.29, 0.717) is 5.56 Å². The molecular weight excluding hydrogens is 423 g/mol. The SMILES string of the molecule is CCC1(c2cc(NC(=O)c3ccc(C#N)cn3)ccc2F)N=C(N)OC2CC(F)(F)CC21. The minimum atomic E-state index is -2.97. The predicted octanol–water partition coefficient (Wildman–Crippen LogP) is 3.71. The van der Waals surface area contributed by atoms with Crippen molar-refractivity contribution in [1.82, 2.24) is 4.98 Å². The molecule has 32 heavy (non-hydrogen) atoms. The summed E-state index contributed by atoms with van der Waals surface area (Å²) in [6.07, 6.45) is -0.439. The Balaban J connectivity index is 1.70. The first-order chi connectivity index (χ1) is 15.2. The first kappa shape index (κ1) is 21.6. The number of rotatable bonds is 4. The lowest BCUT2D eigenvalue weighted by Crippen LogP contribution is -2.47. The number of carbonyl (C=O) groups excluding carboxylic acids is 1. The molecule has 166 valence electrons.